The lowest BCUT2D eigenvalue weighted by atomic mass is 10.2. The van der Waals surface area contributed by atoms with Crippen molar-refractivity contribution in [3.8, 4) is 5.75 Å². The van der Waals surface area contributed by atoms with Crippen molar-refractivity contribution in [2.45, 2.75) is 13.0 Å². The van der Waals surface area contributed by atoms with E-state index < -0.39 is 6.10 Å². The summed E-state index contributed by atoms with van der Waals surface area (Å²) in [5.74, 6) is 0.613. The lowest BCUT2D eigenvalue weighted by molar-refractivity contribution is -0.122. The maximum Gasteiger partial charge on any atom is 0.265 e. The third-order valence-electron chi connectivity index (χ3n) is 2.20. The van der Waals surface area contributed by atoms with Crippen molar-refractivity contribution in [1.29, 1.82) is 0 Å². The number of hydrogen-bond donors (Lipinski definition) is 2. The van der Waals surface area contributed by atoms with Crippen LogP contribution in [0.2, 0.25) is 0 Å². The minimum atomic E-state index is -0.414. The molecule has 0 aromatic heterocycles. The molecule has 4 heteroatoms. The highest BCUT2D eigenvalue weighted by Crippen LogP contribution is 2.31. The summed E-state index contributed by atoms with van der Waals surface area (Å²) in [4.78, 5) is 11.3. The number of carbonyl (C=O) groups excluding carboxylic acids is 1. The highest BCUT2D eigenvalue weighted by atomic mass is 16.5. The molecule has 0 aliphatic carbocycles. The molecule has 14 heavy (non-hydrogen) atoms. The Morgan fingerprint density at radius 2 is 2.29 bits per heavy atom. The fraction of sp³-hybridized carbons (Fsp3) is 0.300. The Bertz CT molecular complexity index is 376. The van der Waals surface area contributed by atoms with Gasteiger partial charge in [-0.05, 0) is 25.1 Å². The summed E-state index contributed by atoms with van der Waals surface area (Å²) in [5, 5.41) is 5.78. The van der Waals surface area contributed by atoms with Crippen molar-refractivity contribution in [2.24, 2.45) is 0 Å². The van der Waals surface area contributed by atoms with Gasteiger partial charge in [0, 0.05) is 12.7 Å². The van der Waals surface area contributed by atoms with Crippen LogP contribution in [0.25, 0.3) is 0 Å². The summed E-state index contributed by atoms with van der Waals surface area (Å²) in [6, 6.07) is 5.60. The third-order valence-corrected chi connectivity index (χ3v) is 2.20. The van der Waals surface area contributed by atoms with Gasteiger partial charge >= 0.3 is 0 Å². The van der Waals surface area contributed by atoms with E-state index in [1.165, 1.54) is 0 Å². The Morgan fingerprint density at radius 3 is 3.00 bits per heavy atom. The number of carbonyl (C=O) groups is 1. The van der Waals surface area contributed by atoms with Crippen LogP contribution in [0.1, 0.15) is 6.92 Å². The largest absolute Gasteiger partial charge is 0.479 e. The lowest BCUT2D eigenvalue weighted by Gasteiger charge is -2.23. The number of hydrogen-bond acceptors (Lipinski definition) is 3. The molecule has 0 spiro atoms. The number of anilines is 2. The van der Waals surface area contributed by atoms with Crippen LogP contribution in [0, 0.1) is 0 Å². The molecule has 1 aliphatic rings. The van der Waals surface area contributed by atoms with Crippen LogP contribution in [0.3, 0.4) is 0 Å². The van der Waals surface area contributed by atoms with E-state index in [1.807, 2.05) is 25.2 Å². The van der Waals surface area contributed by atoms with E-state index in [4.69, 9.17) is 4.74 Å². The zero-order valence-electron chi connectivity index (χ0n) is 8.13. The van der Waals surface area contributed by atoms with Gasteiger partial charge in [-0.25, -0.2) is 0 Å². The van der Waals surface area contributed by atoms with Gasteiger partial charge < -0.3 is 15.4 Å². The zero-order valence-corrected chi connectivity index (χ0v) is 8.13. The van der Waals surface area contributed by atoms with E-state index >= 15 is 0 Å². The van der Waals surface area contributed by atoms with Crippen LogP contribution in [0.5, 0.6) is 5.75 Å². The average Bonchev–Trinajstić information content (AvgIpc) is 2.19. The molecule has 0 saturated heterocycles. The molecule has 0 saturated carbocycles. The SMILES string of the molecule is CNc1ccc2c(c1)NC(=O)[C@H](C)O2. The van der Waals surface area contributed by atoms with Gasteiger partial charge in [-0.15, -0.1) is 0 Å². The predicted octanol–water partition coefficient (Wildman–Crippen LogP) is 1.45. The standard InChI is InChI=1S/C10H12N2O2/c1-6-10(13)12-8-5-7(11-2)3-4-9(8)14-6/h3-6,11H,1-2H3,(H,12,13)/t6-/m0/s1. The molecule has 0 bridgehead atoms. The van der Waals surface area contributed by atoms with Gasteiger partial charge in [-0.3, -0.25) is 4.79 Å². The van der Waals surface area contributed by atoms with Crippen molar-refractivity contribution in [1.82, 2.24) is 0 Å². The quantitative estimate of drug-likeness (QED) is 0.708. The lowest BCUT2D eigenvalue weighted by Crippen LogP contribution is -2.34. The molecule has 1 aromatic rings. The maximum absolute atomic E-state index is 11.3. The molecule has 4 nitrogen and oxygen atoms in total. The first-order valence-corrected chi connectivity index (χ1v) is 4.50. The molecule has 2 rings (SSSR count). The molecule has 2 N–H and O–H groups in total. The second-order valence-corrected chi connectivity index (χ2v) is 3.21. The Labute approximate surface area is 82.3 Å². The van der Waals surface area contributed by atoms with E-state index in [0.29, 0.717) is 0 Å². The van der Waals surface area contributed by atoms with Gasteiger partial charge in [-0.1, -0.05) is 0 Å². The fourth-order valence-corrected chi connectivity index (χ4v) is 1.36. The third kappa shape index (κ3) is 1.39. The van der Waals surface area contributed by atoms with Gasteiger partial charge in [-0.2, -0.15) is 0 Å². The first-order valence-electron chi connectivity index (χ1n) is 4.50. The highest BCUT2D eigenvalue weighted by molar-refractivity contribution is 5.98. The molecule has 1 heterocycles. The molecule has 1 aromatic carbocycles. The highest BCUT2D eigenvalue weighted by Gasteiger charge is 2.23. The van der Waals surface area contributed by atoms with E-state index in [2.05, 4.69) is 10.6 Å². The molecule has 0 radical (unpaired) electrons. The topological polar surface area (TPSA) is 50.4 Å². The van der Waals surface area contributed by atoms with Crippen LogP contribution in [0.4, 0.5) is 11.4 Å². The first kappa shape index (κ1) is 8.87. The number of rotatable bonds is 1. The van der Waals surface area contributed by atoms with Gasteiger partial charge in [0.15, 0.2) is 6.10 Å². The minimum Gasteiger partial charge on any atom is -0.479 e. The van der Waals surface area contributed by atoms with Crippen molar-refractivity contribution in [2.75, 3.05) is 17.7 Å². The molecule has 0 fully saturated rings. The minimum absolute atomic E-state index is 0.106. The van der Waals surface area contributed by atoms with E-state index in [0.717, 1.165) is 17.1 Å². The van der Waals surface area contributed by atoms with E-state index in [1.54, 1.807) is 6.92 Å². The summed E-state index contributed by atoms with van der Waals surface area (Å²) in [6.45, 7) is 1.73. The Balaban J connectivity index is 2.37. The molecule has 1 aliphatic heterocycles. The second-order valence-electron chi connectivity index (χ2n) is 3.21. The summed E-state index contributed by atoms with van der Waals surface area (Å²) in [7, 11) is 1.83. The number of fused-ring (bicyclic) bond motifs is 1. The van der Waals surface area contributed by atoms with Crippen molar-refractivity contribution in [3.63, 3.8) is 0 Å². The number of benzene rings is 1. The second kappa shape index (κ2) is 3.21. The molecular formula is C10H12N2O2. The molecule has 0 unspecified atom stereocenters. The molecular weight excluding hydrogens is 180 g/mol. The summed E-state index contributed by atoms with van der Waals surface area (Å²) in [6.07, 6.45) is -0.414. The molecule has 1 atom stereocenters. The van der Waals surface area contributed by atoms with E-state index in [9.17, 15) is 4.79 Å². The summed E-state index contributed by atoms with van der Waals surface area (Å²) in [5.41, 5.74) is 1.67. The van der Waals surface area contributed by atoms with Crippen molar-refractivity contribution >= 4 is 17.3 Å². The summed E-state index contributed by atoms with van der Waals surface area (Å²) < 4.78 is 5.40. The fourth-order valence-electron chi connectivity index (χ4n) is 1.36. The van der Waals surface area contributed by atoms with Crippen molar-refractivity contribution in [3.05, 3.63) is 18.2 Å². The van der Waals surface area contributed by atoms with Gasteiger partial charge in [0.05, 0.1) is 5.69 Å². The Kier molecular flexibility index (Phi) is 2.04. The van der Waals surface area contributed by atoms with Crippen molar-refractivity contribution < 1.29 is 9.53 Å². The zero-order chi connectivity index (χ0) is 10.1. The van der Waals surface area contributed by atoms with Gasteiger partial charge in [0.25, 0.3) is 5.91 Å². The van der Waals surface area contributed by atoms with E-state index in [-0.39, 0.29) is 5.91 Å². The maximum atomic E-state index is 11.3. The number of amides is 1. The summed E-state index contributed by atoms with van der Waals surface area (Å²) >= 11 is 0. The van der Waals surface area contributed by atoms with Crippen LogP contribution >= 0.6 is 0 Å². The monoisotopic (exact) mass is 192 g/mol. The van der Waals surface area contributed by atoms with Crippen LogP contribution in [-0.2, 0) is 4.79 Å². The molecule has 74 valence electrons. The smallest absolute Gasteiger partial charge is 0.265 e. The molecule has 1 amide bonds. The van der Waals surface area contributed by atoms with Crippen LogP contribution < -0.4 is 15.4 Å². The predicted molar refractivity (Wildman–Crippen MR) is 54.7 cm³/mol. The first-order chi connectivity index (χ1) is 6.70. The Hall–Kier alpha value is -1.71. The van der Waals surface area contributed by atoms with Gasteiger partial charge in [0.2, 0.25) is 0 Å². The average molecular weight is 192 g/mol. The van der Waals surface area contributed by atoms with Gasteiger partial charge in [0.1, 0.15) is 5.75 Å². The van der Waals surface area contributed by atoms with Crippen LogP contribution in [-0.4, -0.2) is 19.1 Å². The number of ether oxygens (including phenoxy) is 1. The normalized spacial score (nSPS) is 19.3. The van der Waals surface area contributed by atoms with Crippen LogP contribution in [0.15, 0.2) is 18.2 Å². The number of nitrogens with one attached hydrogen (secondary N) is 2. The Morgan fingerprint density at radius 1 is 1.50 bits per heavy atom.